The third-order valence-electron chi connectivity index (χ3n) is 5.54. The fourth-order valence-corrected chi connectivity index (χ4v) is 4.17. The second-order valence-corrected chi connectivity index (χ2v) is 6.95. The third-order valence-corrected chi connectivity index (χ3v) is 5.54. The molecule has 0 saturated heterocycles. The first-order valence-corrected chi connectivity index (χ1v) is 9.15. The molecule has 0 saturated carbocycles. The molecule has 4 rings (SSSR count). The van der Waals surface area contributed by atoms with E-state index in [1.54, 1.807) is 11.3 Å². The van der Waals surface area contributed by atoms with Crippen molar-refractivity contribution in [3.05, 3.63) is 71.4 Å². The quantitative estimate of drug-likeness (QED) is 0.680. The Morgan fingerprint density at radius 3 is 2.54 bits per heavy atom. The van der Waals surface area contributed by atoms with Gasteiger partial charge in [0, 0.05) is 42.1 Å². The Morgan fingerprint density at radius 1 is 1.00 bits per heavy atom. The first kappa shape index (κ1) is 15.5. The molecular weight excluding hydrogens is 292 g/mol. The van der Waals surface area contributed by atoms with E-state index in [9.17, 15) is 0 Å². The fourth-order valence-electron chi connectivity index (χ4n) is 4.17. The highest BCUT2D eigenvalue weighted by Crippen LogP contribution is 2.33. The van der Waals surface area contributed by atoms with Crippen molar-refractivity contribution in [2.45, 2.75) is 45.8 Å². The fraction of sp³-hybridized carbons (Fsp3) is 0.364. The average Bonchev–Trinajstić information content (AvgIpc) is 2.93. The molecule has 1 atom stereocenters. The SMILES string of the molecule is CCN1Cc2c(n(CCc3ccccc3)c3ccccc23)CC1C. The first-order chi connectivity index (χ1) is 11.8. The lowest BCUT2D eigenvalue weighted by molar-refractivity contribution is 0.192. The van der Waals surface area contributed by atoms with Gasteiger partial charge >= 0.3 is 0 Å². The maximum Gasteiger partial charge on any atom is 0.0486 e. The number of hydrogen-bond donors (Lipinski definition) is 0. The molecule has 2 nitrogen and oxygen atoms in total. The minimum Gasteiger partial charge on any atom is -0.344 e. The summed E-state index contributed by atoms with van der Waals surface area (Å²) in [4.78, 5) is 2.59. The van der Waals surface area contributed by atoms with Crippen LogP contribution in [0.4, 0.5) is 0 Å². The maximum absolute atomic E-state index is 2.59. The number of aryl methyl sites for hydroxylation is 2. The van der Waals surface area contributed by atoms with Gasteiger partial charge in [-0.3, -0.25) is 4.90 Å². The summed E-state index contributed by atoms with van der Waals surface area (Å²) >= 11 is 0. The number of nitrogens with zero attached hydrogens (tertiary/aromatic N) is 2. The van der Waals surface area contributed by atoms with Gasteiger partial charge in [-0.05, 0) is 37.1 Å². The Bertz CT molecular complexity index is 832. The Balaban J connectivity index is 1.74. The van der Waals surface area contributed by atoms with Crippen molar-refractivity contribution in [1.29, 1.82) is 0 Å². The zero-order valence-corrected chi connectivity index (χ0v) is 14.7. The molecule has 3 aromatic rings. The molecule has 124 valence electrons. The second kappa shape index (κ2) is 6.45. The zero-order valence-electron chi connectivity index (χ0n) is 14.7. The number of rotatable bonds is 4. The van der Waals surface area contributed by atoms with Crippen LogP contribution in [0.3, 0.4) is 0 Å². The van der Waals surface area contributed by atoms with Crippen LogP contribution in [0.15, 0.2) is 54.6 Å². The normalized spacial score (nSPS) is 18.0. The van der Waals surface area contributed by atoms with Crippen molar-refractivity contribution in [2.75, 3.05) is 6.54 Å². The average molecular weight is 318 g/mol. The van der Waals surface area contributed by atoms with E-state index in [4.69, 9.17) is 0 Å². The Kier molecular flexibility index (Phi) is 4.15. The lowest BCUT2D eigenvalue weighted by Gasteiger charge is -2.33. The summed E-state index contributed by atoms with van der Waals surface area (Å²) < 4.78 is 2.58. The molecule has 2 heterocycles. The van der Waals surface area contributed by atoms with Crippen molar-refractivity contribution in [2.24, 2.45) is 0 Å². The van der Waals surface area contributed by atoms with Gasteiger partial charge in [-0.25, -0.2) is 0 Å². The van der Waals surface area contributed by atoms with E-state index in [0.717, 1.165) is 32.5 Å². The molecule has 1 unspecified atom stereocenters. The smallest absolute Gasteiger partial charge is 0.0486 e. The van der Waals surface area contributed by atoms with Crippen molar-refractivity contribution in [3.63, 3.8) is 0 Å². The van der Waals surface area contributed by atoms with E-state index in [-0.39, 0.29) is 0 Å². The van der Waals surface area contributed by atoms with Crippen LogP contribution in [0.25, 0.3) is 10.9 Å². The van der Waals surface area contributed by atoms with E-state index >= 15 is 0 Å². The topological polar surface area (TPSA) is 8.17 Å². The largest absolute Gasteiger partial charge is 0.344 e. The molecule has 24 heavy (non-hydrogen) atoms. The minimum absolute atomic E-state index is 0.627. The van der Waals surface area contributed by atoms with E-state index in [1.165, 1.54) is 16.5 Å². The Labute approximate surface area is 144 Å². The third kappa shape index (κ3) is 2.65. The summed E-state index contributed by atoms with van der Waals surface area (Å²) in [5.41, 5.74) is 5.94. The molecule has 0 N–H and O–H groups in total. The lowest BCUT2D eigenvalue weighted by Crippen LogP contribution is -2.38. The van der Waals surface area contributed by atoms with Crippen LogP contribution in [-0.4, -0.2) is 22.1 Å². The first-order valence-electron chi connectivity index (χ1n) is 9.15. The summed E-state index contributed by atoms with van der Waals surface area (Å²) in [5.74, 6) is 0. The van der Waals surface area contributed by atoms with E-state index in [1.807, 2.05) is 0 Å². The Hall–Kier alpha value is -2.06. The summed E-state index contributed by atoms with van der Waals surface area (Å²) in [6, 6.07) is 20.4. The molecule has 1 aromatic heterocycles. The lowest BCUT2D eigenvalue weighted by atomic mass is 9.99. The predicted molar refractivity (Wildman–Crippen MR) is 101 cm³/mol. The van der Waals surface area contributed by atoms with E-state index < -0.39 is 0 Å². The highest BCUT2D eigenvalue weighted by Gasteiger charge is 2.27. The molecule has 0 amide bonds. The molecule has 0 fully saturated rings. The van der Waals surface area contributed by atoms with Crippen LogP contribution in [0.5, 0.6) is 0 Å². The molecule has 0 aliphatic carbocycles. The molecule has 1 aliphatic heterocycles. The summed E-state index contributed by atoms with van der Waals surface area (Å²) in [6.45, 7) is 7.93. The monoisotopic (exact) mass is 318 g/mol. The van der Waals surface area contributed by atoms with Crippen molar-refractivity contribution < 1.29 is 0 Å². The number of hydrogen-bond acceptors (Lipinski definition) is 1. The minimum atomic E-state index is 0.627. The van der Waals surface area contributed by atoms with Gasteiger partial charge in [-0.2, -0.15) is 0 Å². The van der Waals surface area contributed by atoms with Gasteiger partial charge in [0.15, 0.2) is 0 Å². The number of para-hydroxylation sites is 1. The highest BCUT2D eigenvalue weighted by atomic mass is 15.2. The van der Waals surface area contributed by atoms with Crippen LogP contribution in [-0.2, 0) is 25.9 Å². The highest BCUT2D eigenvalue weighted by molar-refractivity contribution is 5.85. The maximum atomic E-state index is 2.59. The summed E-state index contributed by atoms with van der Waals surface area (Å²) in [7, 11) is 0. The summed E-state index contributed by atoms with van der Waals surface area (Å²) in [5, 5.41) is 1.45. The van der Waals surface area contributed by atoms with Crippen LogP contribution < -0.4 is 0 Å². The zero-order chi connectivity index (χ0) is 16.5. The van der Waals surface area contributed by atoms with E-state index in [0.29, 0.717) is 6.04 Å². The summed E-state index contributed by atoms with van der Waals surface area (Å²) in [6.07, 6.45) is 2.25. The van der Waals surface area contributed by atoms with Gasteiger partial charge in [-0.15, -0.1) is 0 Å². The van der Waals surface area contributed by atoms with Crippen LogP contribution in [0.1, 0.15) is 30.7 Å². The van der Waals surface area contributed by atoms with Crippen molar-refractivity contribution >= 4 is 10.9 Å². The number of likely N-dealkylation sites (N-methyl/N-ethyl adjacent to an activating group) is 1. The predicted octanol–water partition coefficient (Wildman–Crippen LogP) is 4.65. The van der Waals surface area contributed by atoms with E-state index in [2.05, 4.69) is 77.9 Å². The van der Waals surface area contributed by atoms with Crippen molar-refractivity contribution in [3.8, 4) is 0 Å². The molecule has 0 spiro atoms. The molecule has 0 bridgehead atoms. The van der Waals surface area contributed by atoms with Gasteiger partial charge in [0.05, 0.1) is 0 Å². The van der Waals surface area contributed by atoms with Crippen LogP contribution in [0, 0.1) is 0 Å². The number of fused-ring (bicyclic) bond motifs is 3. The molecule has 1 aliphatic rings. The Morgan fingerprint density at radius 2 is 1.75 bits per heavy atom. The molecule has 0 radical (unpaired) electrons. The number of benzene rings is 2. The molecule has 2 aromatic carbocycles. The van der Waals surface area contributed by atoms with Gasteiger partial charge < -0.3 is 4.57 Å². The standard InChI is InChI=1S/C22H26N2/c1-3-23-16-20-19-11-7-8-12-21(19)24(22(20)15-17(23)2)14-13-18-9-5-4-6-10-18/h4-12,17H,3,13-16H2,1-2H3. The van der Waals surface area contributed by atoms with Crippen LogP contribution >= 0.6 is 0 Å². The molecular formula is C22H26N2. The van der Waals surface area contributed by atoms with Gasteiger partial charge in [-0.1, -0.05) is 55.5 Å². The second-order valence-electron chi connectivity index (χ2n) is 6.95. The van der Waals surface area contributed by atoms with Crippen molar-refractivity contribution in [1.82, 2.24) is 9.47 Å². The number of aromatic nitrogens is 1. The van der Waals surface area contributed by atoms with Gasteiger partial charge in [0.2, 0.25) is 0 Å². The molecule has 2 heteroatoms. The van der Waals surface area contributed by atoms with Gasteiger partial charge in [0.25, 0.3) is 0 Å². The van der Waals surface area contributed by atoms with Crippen LogP contribution in [0.2, 0.25) is 0 Å². The van der Waals surface area contributed by atoms with Gasteiger partial charge in [0.1, 0.15) is 0 Å².